The van der Waals surface area contributed by atoms with E-state index >= 15 is 0 Å². The Morgan fingerprint density at radius 2 is 1.89 bits per heavy atom. The van der Waals surface area contributed by atoms with Gasteiger partial charge in [0.25, 0.3) is 0 Å². The number of carbonyl (C=O) groups is 3. The highest BCUT2D eigenvalue weighted by Gasteiger charge is 2.76. The summed E-state index contributed by atoms with van der Waals surface area (Å²) >= 11 is 3.71. The summed E-state index contributed by atoms with van der Waals surface area (Å²) in [7, 11) is 0. The van der Waals surface area contributed by atoms with Gasteiger partial charge in [0.2, 0.25) is 17.7 Å². The van der Waals surface area contributed by atoms with Crippen molar-refractivity contribution in [3.8, 4) is 5.75 Å². The zero-order valence-electron chi connectivity index (χ0n) is 24.5. The monoisotopic (exact) mass is 668 g/mol. The van der Waals surface area contributed by atoms with Crippen LogP contribution in [0.5, 0.6) is 5.75 Å². The van der Waals surface area contributed by atoms with Crippen molar-refractivity contribution in [2.24, 2.45) is 11.8 Å². The van der Waals surface area contributed by atoms with E-state index in [9.17, 15) is 19.5 Å². The third-order valence-electron chi connectivity index (χ3n) is 8.90. The topological polar surface area (TPSA) is 148 Å². The molecule has 1 aromatic heterocycles. The summed E-state index contributed by atoms with van der Waals surface area (Å²) in [6.07, 6.45) is 2.82. The zero-order chi connectivity index (χ0) is 30.8. The molecule has 6 rings (SSSR count). The molecule has 13 heteroatoms. The van der Waals surface area contributed by atoms with Gasteiger partial charge in [0, 0.05) is 23.7 Å². The van der Waals surface area contributed by atoms with E-state index in [1.807, 2.05) is 31.2 Å². The molecule has 234 valence electrons. The fourth-order valence-corrected chi connectivity index (χ4v) is 7.97. The van der Waals surface area contributed by atoms with Crippen molar-refractivity contribution >= 4 is 50.4 Å². The highest BCUT2D eigenvalue weighted by Crippen LogP contribution is 2.60. The van der Waals surface area contributed by atoms with Crippen molar-refractivity contribution in [1.29, 1.82) is 0 Å². The van der Waals surface area contributed by atoms with Gasteiger partial charge in [-0.3, -0.25) is 14.4 Å². The van der Waals surface area contributed by atoms with Crippen molar-refractivity contribution in [2.75, 3.05) is 25.1 Å². The smallest absolute Gasteiger partial charge is 0.247 e. The second kappa shape index (κ2) is 12.8. The first kappa shape index (κ1) is 30.5. The maximum atomic E-state index is 14.2. The van der Waals surface area contributed by atoms with E-state index in [0.29, 0.717) is 49.4 Å². The predicted octanol–water partition coefficient (Wildman–Crippen LogP) is 2.84. The number of halogens is 1. The molecular formula is C31H37BrN6O6. The quantitative estimate of drug-likeness (QED) is 0.186. The third-order valence-corrected chi connectivity index (χ3v) is 9.75. The van der Waals surface area contributed by atoms with Gasteiger partial charge < -0.3 is 30.1 Å². The van der Waals surface area contributed by atoms with Gasteiger partial charge in [0.15, 0.2) is 0 Å². The van der Waals surface area contributed by atoms with Crippen LogP contribution in [0.1, 0.15) is 39.0 Å². The van der Waals surface area contributed by atoms with Crippen LogP contribution in [-0.4, -0.2) is 85.1 Å². The minimum Gasteiger partial charge on any atom is -0.494 e. The Morgan fingerprint density at radius 1 is 1.11 bits per heavy atom. The summed E-state index contributed by atoms with van der Waals surface area (Å²) in [6, 6.07) is 13.6. The minimum atomic E-state index is -1.16. The number of carbonyl (C=O) groups excluding carboxylic acids is 3. The number of hydrogen-bond donors (Lipinski definition) is 3. The molecule has 3 aliphatic heterocycles. The van der Waals surface area contributed by atoms with Gasteiger partial charge in [-0.2, -0.15) is 0 Å². The molecule has 3 fully saturated rings. The highest BCUT2D eigenvalue weighted by molar-refractivity contribution is 9.09. The molecule has 3 aliphatic rings. The zero-order valence-corrected chi connectivity index (χ0v) is 26.1. The van der Waals surface area contributed by atoms with E-state index in [1.165, 1.54) is 0 Å². The van der Waals surface area contributed by atoms with Gasteiger partial charge in [-0.15, -0.1) is 5.10 Å². The maximum absolute atomic E-state index is 14.2. The van der Waals surface area contributed by atoms with Crippen LogP contribution in [0.2, 0.25) is 0 Å². The first-order valence-electron chi connectivity index (χ1n) is 15.2. The molecule has 3 N–H and O–H groups in total. The average Bonchev–Trinajstić information content (AvgIpc) is 3.74. The second-order valence-electron chi connectivity index (χ2n) is 11.6. The molecule has 3 aromatic rings. The van der Waals surface area contributed by atoms with E-state index in [1.54, 1.807) is 33.8 Å². The van der Waals surface area contributed by atoms with E-state index in [4.69, 9.17) is 9.47 Å². The van der Waals surface area contributed by atoms with Crippen LogP contribution < -0.4 is 15.4 Å². The first-order valence-corrected chi connectivity index (χ1v) is 16.1. The van der Waals surface area contributed by atoms with E-state index in [2.05, 4.69) is 36.9 Å². The highest BCUT2D eigenvalue weighted by atomic mass is 79.9. The van der Waals surface area contributed by atoms with Crippen LogP contribution in [0.25, 0.3) is 11.0 Å². The predicted molar refractivity (Wildman–Crippen MR) is 165 cm³/mol. The number of aliphatic hydroxyl groups excluding tert-OH is 1. The average molecular weight is 670 g/mol. The van der Waals surface area contributed by atoms with Crippen LogP contribution in [0, 0.1) is 11.8 Å². The minimum absolute atomic E-state index is 0.0674. The number of nitrogens with zero attached hydrogens (tertiary/aromatic N) is 4. The number of fused-ring (bicyclic) bond motifs is 2. The molecule has 0 aliphatic carbocycles. The second-order valence-corrected chi connectivity index (χ2v) is 12.7. The number of nitrogens with one attached hydrogen (secondary N) is 2. The summed E-state index contributed by atoms with van der Waals surface area (Å²) in [5.41, 5.74) is 0.914. The maximum Gasteiger partial charge on any atom is 0.247 e. The molecule has 3 amide bonds. The van der Waals surface area contributed by atoms with Gasteiger partial charge >= 0.3 is 0 Å². The molecule has 0 radical (unpaired) electrons. The Kier molecular flexibility index (Phi) is 8.88. The molecule has 12 nitrogen and oxygen atoms in total. The number of anilines is 1. The van der Waals surface area contributed by atoms with Crippen molar-refractivity contribution in [1.82, 2.24) is 25.2 Å². The number of rotatable bonds is 13. The van der Waals surface area contributed by atoms with E-state index in [0.717, 1.165) is 18.4 Å². The number of unbranched alkanes of at least 4 members (excludes halogenated alkanes) is 3. The number of aromatic nitrogens is 3. The molecular weight excluding hydrogens is 632 g/mol. The number of ether oxygens (including phenoxy) is 2. The van der Waals surface area contributed by atoms with Crippen molar-refractivity contribution in [3.05, 3.63) is 48.5 Å². The number of hydrogen-bond acceptors (Lipinski definition) is 8. The molecule has 3 unspecified atom stereocenters. The van der Waals surface area contributed by atoms with Crippen LogP contribution in [0.3, 0.4) is 0 Å². The molecule has 44 heavy (non-hydrogen) atoms. The summed E-state index contributed by atoms with van der Waals surface area (Å²) in [5, 5.41) is 23.4. The van der Waals surface area contributed by atoms with Crippen LogP contribution in [0.4, 0.5) is 5.69 Å². The SMILES string of the molecule is CCOc1ccc(NC(=O)[C@H]2[C@@H]3OC4(CC3Br)C(C(=O)NCn3nnc5ccccc53)N(CCCCCCO)C(=O)[C@H]24)cc1. The van der Waals surface area contributed by atoms with Crippen LogP contribution >= 0.6 is 15.9 Å². The lowest BCUT2D eigenvalue weighted by molar-refractivity contribution is -0.141. The Bertz CT molecular complexity index is 1520. The molecule has 4 heterocycles. The normalized spacial score (nSPS) is 27.1. The largest absolute Gasteiger partial charge is 0.494 e. The molecule has 2 aromatic carbocycles. The Balaban J connectivity index is 1.25. The van der Waals surface area contributed by atoms with Crippen LogP contribution in [-0.2, 0) is 25.8 Å². The number of amides is 3. The summed E-state index contributed by atoms with van der Waals surface area (Å²) in [5.74, 6) is -1.80. The molecule has 1 spiro atoms. The summed E-state index contributed by atoms with van der Waals surface area (Å²) in [6.45, 7) is 2.97. The third kappa shape index (κ3) is 5.45. The number of aliphatic hydroxyl groups is 1. The Hall–Kier alpha value is -3.55. The fourth-order valence-electron chi connectivity index (χ4n) is 7.03. The first-order chi connectivity index (χ1) is 21.4. The van der Waals surface area contributed by atoms with Crippen molar-refractivity contribution < 1.29 is 29.0 Å². The number of likely N-dealkylation sites (tertiary alicyclic amines) is 1. The molecule has 2 bridgehead atoms. The van der Waals surface area contributed by atoms with Crippen molar-refractivity contribution in [3.63, 3.8) is 0 Å². The van der Waals surface area contributed by atoms with Gasteiger partial charge in [0.1, 0.15) is 29.6 Å². The van der Waals surface area contributed by atoms with Gasteiger partial charge in [0.05, 0.1) is 30.1 Å². The van der Waals surface area contributed by atoms with Gasteiger partial charge in [-0.05, 0) is 62.6 Å². The lowest BCUT2D eigenvalue weighted by Gasteiger charge is -2.34. The number of para-hydroxylation sites is 1. The summed E-state index contributed by atoms with van der Waals surface area (Å²) in [4.78, 5) is 43.4. The van der Waals surface area contributed by atoms with Crippen LogP contribution in [0.15, 0.2) is 48.5 Å². The lowest BCUT2D eigenvalue weighted by atomic mass is 9.70. The molecule has 0 saturated carbocycles. The molecule has 3 saturated heterocycles. The molecule has 6 atom stereocenters. The number of alkyl halides is 1. The van der Waals surface area contributed by atoms with Gasteiger partial charge in [-0.1, -0.05) is 46.1 Å². The Labute approximate surface area is 263 Å². The van der Waals surface area contributed by atoms with E-state index in [-0.39, 0.29) is 35.8 Å². The number of benzene rings is 2. The fraction of sp³-hybridized carbons (Fsp3) is 0.516. The van der Waals surface area contributed by atoms with Gasteiger partial charge in [-0.25, -0.2) is 4.68 Å². The lowest BCUT2D eigenvalue weighted by Crippen LogP contribution is -2.56. The standard InChI is InChI=1S/C31H37BrN6O6/c1-2-43-20-13-11-19(12-14-20)34-28(40)24-25-30(42)37(15-7-3-4-8-16-39)27(31(25)17-21(32)26(24)44-31)29(41)33-18-38-23-10-6-5-9-22(23)35-36-38/h5-6,9-14,21,24-27,39H,2-4,7-8,15-18H2,1H3,(H,33,41)(H,34,40)/t21?,24-,25+,26-,27?,31?/m1/s1. The Morgan fingerprint density at radius 3 is 2.66 bits per heavy atom. The summed E-state index contributed by atoms with van der Waals surface area (Å²) < 4.78 is 13.7. The van der Waals surface area contributed by atoms with E-state index < -0.39 is 29.6 Å². The van der Waals surface area contributed by atoms with Crippen molar-refractivity contribution in [2.45, 2.75) is 68.3 Å².